The summed E-state index contributed by atoms with van der Waals surface area (Å²) in [5.74, 6) is 1.00. The lowest BCUT2D eigenvalue weighted by Gasteiger charge is -2.27. The van der Waals surface area contributed by atoms with Crippen LogP contribution in [0, 0.1) is 0 Å². The molecule has 0 spiro atoms. The van der Waals surface area contributed by atoms with Crippen LogP contribution in [0.5, 0.6) is 5.75 Å². The van der Waals surface area contributed by atoms with Crippen LogP contribution in [0.3, 0.4) is 0 Å². The van der Waals surface area contributed by atoms with E-state index in [0.29, 0.717) is 6.10 Å². The predicted molar refractivity (Wildman–Crippen MR) is 73.1 cm³/mol. The lowest BCUT2D eigenvalue weighted by molar-refractivity contribution is 0.302. The zero-order valence-corrected chi connectivity index (χ0v) is 11.6. The van der Waals surface area contributed by atoms with Crippen LogP contribution in [0.4, 0.5) is 0 Å². The van der Waals surface area contributed by atoms with E-state index >= 15 is 0 Å². The van der Waals surface area contributed by atoms with E-state index in [1.807, 2.05) is 13.0 Å². The molecule has 94 valence electrons. The Labute approximate surface area is 109 Å². The lowest BCUT2D eigenvalue weighted by atomic mass is 9.80. The molecule has 2 heteroatoms. The Hall–Kier alpha value is -0.690. The molecule has 1 fully saturated rings. The highest BCUT2D eigenvalue weighted by Gasteiger charge is 2.26. The van der Waals surface area contributed by atoms with Gasteiger partial charge in [0.25, 0.3) is 0 Å². The van der Waals surface area contributed by atoms with Gasteiger partial charge in [0.15, 0.2) is 0 Å². The van der Waals surface area contributed by atoms with E-state index in [4.69, 9.17) is 16.3 Å². The Morgan fingerprint density at radius 2 is 2.12 bits per heavy atom. The van der Waals surface area contributed by atoms with Crippen molar-refractivity contribution >= 4 is 11.6 Å². The Kier molecular flexibility index (Phi) is 3.67. The second kappa shape index (κ2) is 4.89. The number of hydrogen-bond donors (Lipinski definition) is 0. The second-order valence-corrected chi connectivity index (χ2v) is 6.46. The summed E-state index contributed by atoms with van der Waals surface area (Å²) in [6.07, 6.45) is 3.83. The van der Waals surface area contributed by atoms with E-state index in [0.717, 1.165) is 12.2 Å². The molecule has 0 N–H and O–H groups in total. The fourth-order valence-electron chi connectivity index (χ4n) is 2.19. The Morgan fingerprint density at radius 3 is 2.71 bits per heavy atom. The van der Waals surface area contributed by atoms with E-state index < -0.39 is 0 Å². The minimum absolute atomic E-state index is 0.101. The largest absolute Gasteiger partial charge is 0.490 e. The molecule has 1 aromatic carbocycles. The monoisotopic (exact) mass is 252 g/mol. The van der Waals surface area contributed by atoms with Crippen LogP contribution in [0.1, 0.15) is 45.6 Å². The maximum Gasteiger partial charge on any atom is 0.120 e. The first kappa shape index (κ1) is 12.8. The van der Waals surface area contributed by atoms with Crippen molar-refractivity contribution in [2.24, 2.45) is 0 Å². The van der Waals surface area contributed by atoms with Crippen LogP contribution >= 0.6 is 11.6 Å². The molecule has 1 nitrogen and oxygen atoms in total. The summed E-state index contributed by atoms with van der Waals surface area (Å²) in [7, 11) is 0. The van der Waals surface area contributed by atoms with Crippen LogP contribution in [-0.4, -0.2) is 11.5 Å². The number of halogens is 1. The summed E-state index contributed by atoms with van der Waals surface area (Å²) >= 11 is 6.12. The minimum atomic E-state index is 0.101. The average molecular weight is 253 g/mol. The molecule has 0 bridgehead atoms. The van der Waals surface area contributed by atoms with Gasteiger partial charge >= 0.3 is 0 Å². The van der Waals surface area contributed by atoms with E-state index in [2.05, 4.69) is 32.0 Å². The highest BCUT2D eigenvalue weighted by atomic mass is 35.5. The molecular weight excluding hydrogens is 232 g/mol. The maximum absolute atomic E-state index is 6.12. The first-order valence-corrected chi connectivity index (χ1v) is 6.82. The van der Waals surface area contributed by atoms with Crippen molar-refractivity contribution in [1.29, 1.82) is 0 Å². The Balaban J connectivity index is 2.13. The van der Waals surface area contributed by atoms with Gasteiger partial charge in [0.2, 0.25) is 0 Å². The van der Waals surface area contributed by atoms with Gasteiger partial charge in [0.1, 0.15) is 5.75 Å². The van der Waals surface area contributed by atoms with E-state index in [9.17, 15) is 0 Å². The molecule has 1 aromatic rings. The second-order valence-electron chi connectivity index (χ2n) is 5.71. The van der Waals surface area contributed by atoms with Crippen LogP contribution in [0.25, 0.3) is 0 Å². The van der Waals surface area contributed by atoms with Gasteiger partial charge in [0, 0.05) is 5.38 Å². The molecule has 0 aromatic heterocycles. The number of ether oxygens (including phenoxy) is 1. The SMILES string of the molecule is CC(Cl)CC(C)(C)c1cccc(OC2CC2)c1. The van der Waals surface area contributed by atoms with Gasteiger partial charge in [-0.1, -0.05) is 26.0 Å². The third-order valence-corrected chi connectivity index (χ3v) is 3.39. The van der Waals surface area contributed by atoms with Gasteiger partial charge in [-0.3, -0.25) is 0 Å². The molecule has 0 heterocycles. The molecule has 1 aliphatic carbocycles. The lowest BCUT2D eigenvalue weighted by Crippen LogP contribution is -2.20. The molecule has 1 aliphatic rings. The van der Waals surface area contributed by atoms with Gasteiger partial charge in [-0.15, -0.1) is 11.6 Å². The molecule has 1 unspecified atom stereocenters. The molecule has 2 rings (SSSR count). The predicted octanol–water partition coefficient (Wildman–Crippen LogP) is 4.52. The normalized spacial score (nSPS) is 17.9. The first-order chi connectivity index (χ1) is 7.97. The highest BCUT2D eigenvalue weighted by molar-refractivity contribution is 6.20. The molecule has 0 aliphatic heterocycles. The summed E-state index contributed by atoms with van der Waals surface area (Å²) in [6, 6.07) is 8.45. The summed E-state index contributed by atoms with van der Waals surface area (Å²) in [5, 5.41) is 0.193. The van der Waals surface area contributed by atoms with Gasteiger partial charge in [0.05, 0.1) is 6.10 Å². The van der Waals surface area contributed by atoms with Crippen molar-refractivity contribution in [2.45, 2.75) is 56.9 Å². The zero-order chi connectivity index (χ0) is 12.5. The number of hydrogen-bond acceptors (Lipinski definition) is 1. The van der Waals surface area contributed by atoms with Crippen LogP contribution in [0.2, 0.25) is 0 Å². The third-order valence-electron chi connectivity index (χ3n) is 3.23. The van der Waals surface area contributed by atoms with Crippen LogP contribution < -0.4 is 4.74 Å². The zero-order valence-electron chi connectivity index (χ0n) is 10.9. The molecule has 1 atom stereocenters. The molecule has 0 radical (unpaired) electrons. The van der Waals surface area contributed by atoms with Gasteiger partial charge in [-0.25, -0.2) is 0 Å². The summed E-state index contributed by atoms with van der Waals surface area (Å²) in [5.41, 5.74) is 1.41. The van der Waals surface area contributed by atoms with Gasteiger partial charge in [-0.2, -0.15) is 0 Å². The van der Waals surface area contributed by atoms with E-state index in [1.54, 1.807) is 0 Å². The number of benzene rings is 1. The maximum atomic E-state index is 6.12. The van der Waals surface area contributed by atoms with Crippen molar-refractivity contribution in [3.8, 4) is 5.75 Å². The average Bonchev–Trinajstić information content (AvgIpc) is 3.00. The van der Waals surface area contributed by atoms with Crippen molar-refractivity contribution in [2.75, 3.05) is 0 Å². The number of alkyl halides is 1. The summed E-state index contributed by atoms with van der Waals surface area (Å²) in [6.45, 7) is 6.53. The fraction of sp³-hybridized carbons (Fsp3) is 0.600. The van der Waals surface area contributed by atoms with Crippen molar-refractivity contribution in [3.05, 3.63) is 29.8 Å². The summed E-state index contributed by atoms with van der Waals surface area (Å²) < 4.78 is 5.83. The standard InChI is InChI=1S/C15H21ClO/c1-11(16)10-15(2,3)12-5-4-6-14(9-12)17-13-7-8-13/h4-6,9,11,13H,7-8,10H2,1-3H3. The third kappa shape index (κ3) is 3.64. The number of rotatable bonds is 5. The highest BCUT2D eigenvalue weighted by Crippen LogP contribution is 2.33. The Bertz CT molecular complexity index is 380. The minimum Gasteiger partial charge on any atom is -0.490 e. The van der Waals surface area contributed by atoms with Crippen LogP contribution in [0.15, 0.2) is 24.3 Å². The van der Waals surface area contributed by atoms with Crippen molar-refractivity contribution < 1.29 is 4.74 Å². The van der Waals surface area contributed by atoms with Crippen LogP contribution in [-0.2, 0) is 5.41 Å². The van der Waals surface area contributed by atoms with Gasteiger partial charge < -0.3 is 4.74 Å². The molecular formula is C15H21ClO. The first-order valence-electron chi connectivity index (χ1n) is 6.39. The quantitative estimate of drug-likeness (QED) is 0.700. The smallest absolute Gasteiger partial charge is 0.120 e. The molecule has 0 saturated heterocycles. The topological polar surface area (TPSA) is 9.23 Å². The van der Waals surface area contributed by atoms with Crippen molar-refractivity contribution in [3.63, 3.8) is 0 Å². The van der Waals surface area contributed by atoms with Gasteiger partial charge in [-0.05, 0) is 49.3 Å². The molecule has 1 saturated carbocycles. The summed E-state index contributed by atoms with van der Waals surface area (Å²) in [4.78, 5) is 0. The van der Waals surface area contributed by atoms with Crippen molar-refractivity contribution in [1.82, 2.24) is 0 Å². The van der Waals surface area contributed by atoms with E-state index in [-0.39, 0.29) is 10.8 Å². The molecule has 0 amide bonds. The molecule has 17 heavy (non-hydrogen) atoms. The fourth-order valence-corrected chi connectivity index (χ4v) is 2.58. The van der Waals surface area contributed by atoms with E-state index in [1.165, 1.54) is 18.4 Å². The Morgan fingerprint density at radius 1 is 1.41 bits per heavy atom.